The van der Waals surface area contributed by atoms with Crippen LogP contribution in [0.3, 0.4) is 0 Å². The van der Waals surface area contributed by atoms with Crippen molar-refractivity contribution in [1.82, 2.24) is 9.55 Å². The standard InChI is InChI=1S/C16H23B3FN3O6/c1-4-8-6-23(13(27)22-11(8)25)15(17)9(24)5-14(20,29-15)16(18,19)28-12(26)10(21)7(2)3/h1,6-7,9-10,24H,5,17-19,21H2,2-3H3,(H,22,25,27)/t9-,10+,14+,15+/m1/s1. The number of ether oxygens (including phenoxy) is 2. The van der Waals surface area contributed by atoms with Gasteiger partial charge in [-0.2, -0.15) is 0 Å². The molecular formula is C16H23B3FN3O6. The number of aliphatic hydroxyl groups excluding tert-OH is 1. The molecule has 154 valence electrons. The van der Waals surface area contributed by atoms with E-state index in [-0.39, 0.29) is 11.5 Å². The van der Waals surface area contributed by atoms with Crippen molar-refractivity contribution >= 4 is 29.5 Å². The average Bonchev–Trinajstić information content (AvgIpc) is 2.84. The molecule has 0 radical (unpaired) electrons. The van der Waals surface area contributed by atoms with Crippen molar-refractivity contribution in [1.29, 1.82) is 0 Å². The van der Waals surface area contributed by atoms with E-state index in [4.69, 9.17) is 21.6 Å². The third-order valence-corrected chi connectivity index (χ3v) is 5.26. The van der Waals surface area contributed by atoms with Gasteiger partial charge in [0.25, 0.3) is 5.56 Å². The van der Waals surface area contributed by atoms with Crippen LogP contribution >= 0.6 is 0 Å². The molecule has 4 atom stereocenters. The first kappa shape index (κ1) is 23.0. The third-order valence-electron chi connectivity index (χ3n) is 5.26. The highest BCUT2D eigenvalue weighted by molar-refractivity contribution is 6.40. The Labute approximate surface area is 169 Å². The van der Waals surface area contributed by atoms with Crippen molar-refractivity contribution < 1.29 is 23.8 Å². The lowest BCUT2D eigenvalue weighted by Crippen LogP contribution is -2.59. The topological polar surface area (TPSA) is 137 Å². The number of nitrogens with one attached hydrogen (secondary N) is 1. The Bertz CT molecular complexity index is 974. The molecule has 13 heteroatoms. The summed E-state index contributed by atoms with van der Waals surface area (Å²) in [4.78, 5) is 38.2. The van der Waals surface area contributed by atoms with Crippen LogP contribution in [0.2, 0.25) is 0 Å². The van der Waals surface area contributed by atoms with Gasteiger partial charge in [0.2, 0.25) is 5.85 Å². The van der Waals surface area contributed by atoms with Gasteiger partial charge in [0.15, 0.2) is 23.5 Å². The lowest BCUT2D eigenvalue weighted by Gasteiger charge is -2.39. The quantitative estimate of drug-likeness (QED) is 0.256. The first-order valence-corrected chi connectivity index (χ1v) is 9.07. The van der Waals surface area contributed by atoms with Crippen molar-refractivity contribution in [2.45, 2.75) is 49.3 Å². The van der Waals surface area contributed by atoms with E-state index in [2.05, 4.69) is 5.92 Å². The van der Waals surface area contributed by atoms with Crippen molar-refractivity contribution in [3.8, 4) is 12.3 Å². The van der Waals surface area contributed by atoms with Gasteiger partial charge < -0.3 is 20.3 Å². The fourth-order valence-electron chi connectivity index (χ4n) is 3.03. The lowest BCUT2D eigenvalue weighted by atomic mass is 9.59. The molecule has 1 aliphatic heterocycles. The lowest BCUT2D eigenvalue weighted by molar-refractivity contribution is -0.232. The zero-order valence-electron chi connectivity index (χ0n) is 17.0. The maximum Gasteiger partial charge on any atom is 0.330 e. The number of terminal acetylenes is 1. The summed E-state index contributed by atoms with van der Waals surface area (Å²) in [5, 5.41) is 8.70. The average molecular weight is 405 g/mol. The number of halogens is 1. The number of esters is 1. The highest BCUT2D eigenvalue weighted by atomic mass is 19.2. The number of hydrogen-bond acceptors (Lipinski definition) is 7. The SMILES string of the molecule is BC(B)(OC(=O)[C@@H](N)C(C)C)[C@]1(F)C[C@@H](O)[C@](B)(n2cc(C#C)c(=O)[nH]c2=O)O1. The van der Waals surface area contributed by atoms with Crippen LogP contribution in [0.15, 0.2) is 15.8 Å². The van der Waals surface area contributed by atoms with Crippen LogP contribution in [0.25, 0.3) is 0 Å². The van der Waals surface area contributed by atoms with Crippen LogP contribution < -0.4 is 17.0 Å². The first-order valence-electron chi connectivity index (χ1n) is 9.07. The Kier molecular flexibility index (Phi) is 5.96. The molecule has 4 N–H and O–H groups in total. The number of alkyl halides is 1. The second-order valence-corrected chi connectivity index (χ2v) is 8.12. The number of carbonyl (C=O) groups excluding carboxylic acids is 1. The molecule has 1 fully saturated rings. The summed E-state index contributed by atoms with van der Waals surface area (Å²) < 4.78 is 27.4. The fourth-order valence-corrected chi connectivity index (χ4v) is 3.03. The number of H-pyrrole nitrogens is 1. The molecule has 0 bridgehead atoms. The highest BCUT2D eigenvalue weighted by Gasteiger charge is 2.62. The molecule has 1 aromatic heterocycles. The predicted molar refractivity (Wildman–Crippen MR) is 110 cm³/mol. The molecule has 2 heterocycles. The predicted octanol–water partition coefficient (Wildman–Crippen LogP) is -4.35. The van der Waals surface area contributed by atoms with Crippen LogP contribution in [0.5, 0.6) is 0 Å². The Morgan fingerprint density at radius 2 is 2.17 bits per heavy atom. The number of aromatic amines is 1. The Hall–Kier alpha value is -2.29. The summed E-state index contributed by atoms with van der Waals surface area (Å²) in [5.41, 5.74) is 1.89. The second-order valence-electron chi connectivity index (χ2n) is 8.12. The molecule has 0 amide bonds. The number of hydrogen-bond donors (Lipinski definition) is 3. The van der Waals surface area contributed by atoms with Crippen LogP contribution in [0.4, 0.5) is 4.39 Å². The Balaban J connectivity index is 2.43. The van der Waals surface area contributed by atoms with E-state index in [9.17, 15) is 19.5 Å². The van der Waals surface area contributed by atoms with Crippen LogP contribution in [-0.2, 0) is 19.9 Å². The van der Waals surface area contributed by atoms with Crippen LogP contribution in [0.1, 0.15) is 25.8 Å². The van der Waals surface area contributed by atoms with E-state index in [1.165, 1.54) is 23.5 Å². The molecule has 1 aliphatic rings. The zero-order valence-corrected chi connectivity index (χ0v) is 17.0. The molecular weight excluding hydrogens is 382 g/mol. The van der Waals surface area contributed by atoms with E-state index < -0.39 is 52.7 Å². The minimum absolute atomic E-state index is 0.202. The van der Waals surface area contributed by atoms with Gasteiger partial charge in [-0.25, -0.2) is 9.18 Å². The summed E-state index contributed by atoms with van der Waals surface area (Å²) in [7, 11) is 3.81. The minimum Gasteiger partial charge on any atom is -0.471 e. The summed E-state index contributed by atoms with van der Waals surface area (Å²) >= 11 is 0. The molecule has 2 rings (SSSR count). The van der Waals surface area contributed by atoms with Crippen LogP contribution in [-0.4, -0.2) is 67.6 Å². The summed E-state index contributed by atoms with van der Waals surface area (Å²) in [6, 6.07) is -0.976. The van der Waals surface area contributed by atoms with Crippen molar-refractivity contribution in [2.75, 3.05) is 0 Å². The van der Waals surface area contributed by atoms with Gasteiger partial charge in [-0.1, -0.05) is 19.8 Å². The number of aliphatic hydroxyl groups is 1. The molecule has 0 unspecified atom stereocenters. The zero-order chi connectivity index (χ0) is 22.4. The molecule has 0 aliphatic carbocycles. The Morgan fingerprint density at radius 1 is 1.59 bits per heavy atom. The molecule has 0 saturated carbocycles. The highest BCUT2D eigenvalue weighted by Crippen LogP contribution is 2.45. The Morgan fingerprint density at radius 3 is 2.69 bits per heavy atom. The monoisotopic (exact) mass is 405 g/mol. The molecule has 0 aromatic carbocycles. The van der Waals surface area contributed by atoms with Crippen molar-refractivity contribution in [3.63, 3.8) is 0 Å². The van der Waals surface area contributed by atoms with E-state index >= 15 is 4.39 Å². The number of carbonyl (C=O) groups is 1. The summed E-state index contributed by atoms with van der Waals surface area (Å²) in [5.74, 6) is -1.64. The maximum atomic E-state index is 15.8. The van der Waals surface area contributed by atoms with Gasteiger partial charge in [-0.3, -0.25) is 19.1 Å². The largest absolute Gasteiger partial charge is 0.471 e. The maximum absolute atomic E-state index is 15.8. The normalized spacial score (nSPS) is 28.1. The second kappa shape index (κ2) is 7.52. The summed E-state index contributed by atoms with van der Waals surface area (Å²) in [6.45, 7) is 3.42. The van der Waals surface area contributed by atoms with Crippen molar-refractivity contribution in [2.24, 2.45) is 11.7 Å². The number of nitrogens with zero attached hydrogens (tertiary/aromatic N) is 1. The number of nitrogens with two attached hydrogens (primary N) is 1. The van der Waals surface area contributed by atoms with Crippen molar-refractivity contribution in [3.05, 3.63) is 32.6 Å². The first-order chi connectivity index (χ1) is 13.2. The van der Waals surface area contributed by atoms with Gasteiger partial charge in [-0.15, -0.1) is 6.42 Å². The van der Waals surface area contributed by atoms with Gasteiger partial charge in [0, 0.05) is 12.6 Å². The van der Waals surface area contributed by atoms with E-state index in [1.54, 1.807) is 13.8 Å². The third kappa shape index (κ3) is 3.92. The van der Waals surface area contributed by atoms with E-state index in [1.807, 2.05) is 4.98 Å². The summed E-state index contributed by atoms with van der Waals surface area (Å²) in [6.07, 6.45) is 4.11. The van der Waals surface area contributed by atoms with Gasteiger partial charge in [-0.05, 0) is 5.92 Å². The molecule has 0 spiro atoms. The molecule has 9 nitrogen and oxygen atoms in total. The van der Waals surface area contributed by atoms with E-state index in [0.29, 0.717) is 0 Å². The molecule has 29 heavy (non-hydrogen) atoms. The number of rotatable bonds is 5. The minimum atomic E-state index is -2.67. The molecule has 1 saturated heterocycles. The molecule has 1 aromatic rings. The van der Waals surface area contributed by atoms with Gasteiger partial charge in [0.1, 0.15) is 17.2 Å². The fraction of sp³-hybridized carbons (Fsp3) is 0.562. The van der Waals surface area contributed by atoms with Crippen LogP contribution in [0, 0.1) is 18.3 Å². The smallest absolute Gasteiger partial charge is 0.330 e. The number of aromatic nitrogens is 2. The van der Waals surface area contributed by atoms with E-state index in [0.717, 1.165) is 10.8 Å². The van der Waals surface area contributed by atoms with Gasteiger partial charge in [0.05, 0.1) is 11.5 Å². The van der Waals surface area contributed by atoms with Gasteiger partial charge >= 0.3 is 11.7 Å².